The predicted octanol–water partition coefficient (Wildman–Crippen LogP) is 2.08. The van der Waals surface area contributed by atoms with E-state index in [0.717, 1.165) is 23.8 Å². The van der Waals surface area contributed by atoms with Gasteiger partial charge in [0.25, 0.3) is 0 Å². The quantitative estimate of drug-likeness (QED) is 0.851. The number of aryl methyl sites for hydroxylation is 1. The Morgan fingerprint density at radius 3 is 2.69 bits per heavy atom. The molecule has 84 valence electrons. The van der Waals surface area contributed by atoms with Gasteiger partial charge in [-0.05, 0) is 12.5 Å². The zero-order valence-electron chi connectivity index (χ0n) is 9.44. The molecule has 1 heterocycles. The largest absolute Gasteiger partial charge is 0.445 e. The molecule has 0 amide bonds. The maximum Gasteiger partial charge on any atom is 0.195 e. The van der Waals surface area contributed by atoms with Crippen LogP contribution in [-0.4, -0.2) is 11.5 Å². The fraction of sp³-hybridized carbons (Fsp3) is 0.308. The third-order valence-corrected chi connectivity index (χ3v) is 2.50. The first-order valence-electron chi connectivity index (χ1n) is 5.49. The molecule has 2 rings (SSSR count). The van der Waals surface area contributed by atoms with Crippen LogP contribution in [0, 0.1) is 6.92 Å². The molecular formula is C13H16N2O. The third kappa shape index (κ3) is 2.49. The monoisotopic (exact) mass is 216 g/mol. The highest BCUT2D eigenvalue weighted by atomic mass is 16.4. The zero-order chi connectivity index (χ0) is 11.4. The van der Waals surface area contributed by atoms with Crippen molar-refractivity contribution >= 4 is 0 Å². The SMILES string of the molecule is Cc1nc(CCN)oc1Cc1ccccc1. The summed E-state index contributed by atoms with van der Waals surface area (Å²) in [4.78, 5) is 4.35. The Kier molecular flexibility index (Phi) is 3.37. The van der Waals surface area contributed by atoms with E-state index in [0.29, 0.717) is 13.0 Å². The molecule has 0 spiro atoms. The number of oxazole rings is 1. The minimum Gasteiger partial charge on any atom is -0.445 e. The van der Waals surface area contributed by atoms with E-state index in [4.69, 9.17) is 10.2 Å². The minimum absolute atomic E-state index is 0.574. The van der Waals surface area contributed by atoms with E-state index in [2.05, 4.69) is 17.1 Å². The normalized spacial score (nSPS) is 10.6. The maximum absolute atomic E-state index is 5.67. The Labute approximate surface area is 95.3 Å². The molecule has 1 aromatic heterocycles. The lowest BCUT2D eigenvalue weighted by Crippen LogP contribution is -2.02. The summed E-state index contributed by atoms with van der Waals surface area (Å²) in [7, 11) is 0. The Balaban J connectivity index is 2.15. The highest BCUT2D eigenvalue weighted by molar-refractivity contribution is 5.22. The van der Waals surface area contributed by atoms with Crippen LogP contribution in [0.2, 0.25) is 0 Å². The minimum atomic E-state index is 0.574. The van der Waals surface area contributed by atoms with Gasteiger partial charge in [-0.3, -0.25) is 0 Å². The summed E-state index contributed by atoms with van der Waals surface area (Å²) >= 11 is 0. The Hall–Kier alpha value is -1.61. The Bertz CT molecular complexity index is 448. The van der Waals surface area contributed by atoms with Gasteiger partial charge in [-0.2, -0.15) is 0 Å². The highest BCUT2D eigenvalue weighted by Gasteiger charge is 2.09. The summed E-state index contributed by atoms with van der Waals surface area (Å²) in [5.74, 6) is 1.68. The van der Waals surface area contributed by atoms with Gasteiger partial charge in [0.2, 0.25) is 0 Å². The van der Waals surface area contributed by atoms with Crippen LogP contribution in [0.4, 0.5) is 0 Å². The standard InChI is InChI=1S/C13H16N2O/c1-10-12(16-13(15-10)7-8-14)9-11-5-3-2-4-6-11/h2-6H,7-9,14H2,1H3. The van der Waals surface area contributed by atoms with E-state index < -0.39 is 0 Å². The van der Waals surface area contributed by atoms with Crippen molar-refractivity contribution in [3.05, 3.63) is 53.2 Å². The molecule has 3 nitrogen and oxygen atoms in total. The van der Waals surface area contributed by atoms with E-state index in [1.807, 2.05) is 25.1 Å². The van der Waals surface area contributed by atoms with Gasteiger partial charge in [-0.1, -0.05) is 30.3 Å². The van der Waals surface area contributed by atoms with Crippen LogP contribution in [0.1, 0.15) is 22.9 Å². The molecular weight excluding hydrogens is 200 g/mol. The van der Waals surface area contributed by atoms with Gasteiger partial charge in [0.15, 0.2) is 5.89 Å². The topological polar surface area (TPSA) is 52.0 Å². The molecule has 3 heteroatoms. The van der Waals surface area contributed by atoms with E-state index in [-0.39, 0.29) is 0 Å². The van der Waals surface area contributed by atoms with Crippen LogP contribution in [0.25, 0.3) is 0 Å². The summed E-state index contributed by atoms with van der Waals surface area (Å²) in [5.41, 5.74) is 7.67. The number of aromatic nitrogens is 1. The number of hydrogen-bond donors (Lipinski definition) is 1. The van der Waals surface area contributed by atoms with Gasteiger partial charge in [0.1, 0.15) is 5.76 Å². The van der Waals surface area contributed by atoms with Gasteiger partial charge >= 0.3 is 0 Å². The van der Waals surface area contributed by atoms with Crippen molar-refractivity contribution in [1.82, 2.24) is 4.98 Å². The summed E-state index contributed by atoms with van der Waals surface area (Å²) < 4.78 is 5.67. The van der Waals surface area contributed by atoms with Crippen molar-refractivity contribution in [2.45, 2.75) is 19.8 Å². The highest BCUT2D eigenvalue weighted by Crippen LogP contribution is 2.15. The number of nitrogens with zero attached hydrogens (tertiary/aromatic N) is 1. The van der Waals surface area contributed by atoms with Gasteiger partial charge < -0.3 is 10.2 Å². The Morgan fingerprint density at radius 2 is 2.00 bits per heavy atom. The summed E-state index contributed by atoms with van der Waals surface area (Å²) in [6.07, 6.45) is 1.50. The number of rotatable bonds is 4. The zero-order valence-corrected chi connectivity index (χ0v) is 9.44. The molecule has 0 radical (unpaired) electrons. The van der Waals surface area contributed by atoms with Crippen LogP contribution in [0.15, 0.2) is 34.7 Å². The fourth-order valence-electron chi connectivity index (χ4n) is 1.66. The van der Waals surface area contributed by atoms with Crippen molar-refractivity contribution in [3.63, 3.8) is 0 Å². The predicted molar refractivity (Wildman–Crippen MR) is 63.2 cm³/mol. The molecule has 0 saturated heterocycles. The molecule has 0 bridgehead atoms. The molecule has 0 fully saturated rings. The smallest absolute Gasteiger partial charge is 0.195 e. The van der Waals surface area contributed by atoms with Gasteiger partial charge in [0.05, 0.1) is 5.69 Å². The molecule has 0 aliphatic heterocycles. The average molecular weight is 216 g/mol. The van der Waals surface area contributed by atoms with E-state index >= 15 is 0 Å². The average Bonchev–Trinajstić information content (AvgIpc) is 2.61. The summed E-state index contributed by atoms with van der Waals surface area (Å²) in [5, 5.41) is 0. The van der Waals surface area contributed by atoms with Gasteiger partial charge in [-0.15, -0.1) is 0 Å². The first-order valence-corrected chi connectivity index (χ1v) is 5.49. The molecule has 0 unspecified atom stereocenters. The van der Waals surface area contributed by atoms with Crippen LogP contribution in [0.5, 0.6) is 0 Å². The second-order valence-electron chi connectivity index (χ2n) is 3.82. The fourth-order valence-corrected chi connectivity index (χ4v) is 1.66. The van der Waals surface area contributed by atoms with Gasteiger partial charge in [-0.25, -0.2) is 4.98 Å². The van der Waals surface area contributed by atoms with E-state index in [9.17, 15) is 0 Å². The summed E-state index contributed by atoms with van der Waals surface area (Å²) in [6.45, 7) is 2.55. The molecule has 16 heavy (non-hydrogen) atoms. The number of hydrogen-bond acceptors (Lipinski definition) is 3. The number of nitrogens with two attached hydrogens (primary N) is 1. The summed E-state index contributed by atoms with van der Waals surface area (Å²) in [6, 6.07) is 10.2. The lowest BCUT2D eigenvalue weighted by atomic mass is 10.1. The van der Waals surface area contributed by atoms with Crippen molar-refractivity contribution < 1.29 is 4.42 Å². The molecule has 0 aliphatic carbocycles. The van der Waals surface area contributed by atoms with E-state index in [1.165, 1.54) is 5.56 Å². The maximum atomic E-state index is 5.67. The van der Waals surface area contributed by atoms with Crippen molar-refractivity contribution in [2.75, 3.05) is 6.54 Å². The van der Waals surface area contributed by atoms with E-state index in [1.54, 1.807) is 0 Å². The van der Waals surface area contributed by atoms with Crippen molar-refractivity contribution in [1.29, 1.82) is 0 Å². The van der Waals surface area contributed by atoms with Crippen LogP contribution in [-0.2, 0) is 12.8 Å². The number of benzene rings is 1. The third-order valence-electron chi connectivity index (χ3n) is 2.50. The second-order valence-corrected chi connectivity index (χ2v) is 3.82. The first kappa shape index (κ1) is 10.9. The van der Waals surface area contributed by atoms with Crippen molar-refractivity contribution in [2.24, 2.45) is 5.73 Å². The molecule has 2 aromatic rings. The Morgan fingerprint density at radius 1 is 1.25 bits per heavy atom. The molecule has 2 N–H and O–H groups in total. The first-order chi connectivity index (χ1) is 7.79. The molecule has 0 atom stereocenters. The second kappa shape index (κ2) is 4.94. The molecule has 1 aromatic carbocycles. The van der Waals surface area contributed by atoms with Crippen molar-refractivity contribution in [3.8, 4) is 0 Å². The van der Waals surface area contributed by atoms with Crippen LogP contribution >= 0.6 is 0 Å². The lowest BCUT2D eigenvalue weighted by Gasteiger charge is -1.97. The lowest BCUT2D eigenvalue weighted by molar-refractivity contribution is 0.462. The van der Waals surface area contributed by atoms with Gasteiger partial charge in [0, 0.05) is 19.4 Å². The molecule has 0 saturated carbocycles. The van der Waals surface area contributed by atoms with Crippen LogP contribution in [0.3, 0.4) is 0 Å². The molecule has 0 aliphatic rings. The van der Waals surface area contributed by atoms with Crippen LogP contribution < -0.4 is 5.73 Å².